The number of benzene rings is 1. The summed E-state index contributed by atoms with van der Waals surface area (Å²) in [5.74, 6) is 0.0472. The van der Waals surface area contributed by atoms with Crippen molar-refractivity contribution in [2.75, 3.05) is 18.5 Å². The van der Waals surface area contributed by atoms with E-state index < -0.39 is 0 Å². The molecule has 0 radical (unpaired) electrons. The van der Waals surface area contributed by atoms with Gasteiger partial charge in [0.1, 0.15) is 5.75 Å². The van der Waals surface area contributed by atoms with Gasteiger partial charge in [-0.25, -0.2) is 0 Å². The molecule has 1 aromatic heterocycles. The number of hydrogen-bond donors (Lipinski definition) is 2. The van der Waals surface area contributed by atoms with Crippen molar-refractivity contribution in [1.29, 1.82) is 0 Å². The smallest absolute Gasteiger partial charge is 0.262 e. The molecule has 0 spiro atoms. The highest BCUT2D eigenvalue weighted by molar-refractivity contribution is 7.81. The van der Waals surface area contributed by atoms with Crippen LogP contribution in [0.4, 0.5) is 5.69 Å². The first-order valence-electron chi connectivity index (χ1n) is 7.83. The lowest BCUT2D eigenvalue weighted by atomic mass is 10.1. The van der Waals surface area contributed by atoms with Gasteiger partial charge in [-0.05, 0) is 30.4 Å². The third-order valence-corrected chi connectivity index (χ3v) is 3.95. The molecule has 128 valence electrons. The monoisotopic (exact) mass is 355 g/mol. The number of hydrogen-bond acceptors (Lipinski definition) is 4. The lowest BCUT2D eigenvalue weighted by Crippen LogP contribution is -2.42. The molecule has 0 atom stereocenters. The fraction of sp³-hybridized carbons (Fsp3) is 0.167. The summed E-state index contributed by atoms with van der Waals surface area (Å²) in [4.78, 5) is 11.9. The van der Waals surface area contributed by atoms with E-state index in [1.54, 1.807) is 35.2 Å². The summed E-state index contributed by atoms with van der Waals surface area (Å²) < 4.78 is 7.01. The lowest BCUT2D eigenvalue weighted by molar-refractivity contribution is -0.577. The van der Waals surface area contributed by atoms with E-state index in [0.29, 0.717) is 34.2 Å². The molecule has 0 bridgehead atoms. The zero-order valence-corrected chi connectivity index (χ0v) is 14.4. The van der Waals surface area contributed by atoms with Crippen LogP contribution in [0.5, 0.6) is 5.75 Å². The van der Waals surface area contributed by atoms with E-state index in [1.165, 1.54) is 0 Å². The molecule has 0 fully saturated rings. The van der Waals surface area contributed by atoms with E-state index in [2.05, 4.69) is 10.6 Å². The number of likely N-dealkylation sites (N-methyl/N-ethyl adjacent to an activating group) is 1. The Morgan fingerprint density at radius 3 is 2.84 bits per heavy atom. The molecule has 2 aromatic rings. The SMILES string of the molecule is CCNC(=S)/C(=C(\[O-])c1ccc2c(c1)NC(=O)CO2)[n+]1ccccc1. The van der Waals surface area contributed by atoms with Gasteiger partial charge in [0.15, 0.2) is 24.0 Å². The van der Waals surface area contributed by atoms with Crippen molar-refractivity contribution in [3.63, 3.8) is 0 Å². The standard InChI is InChI=1S/C18H17N3O3S/c1-2-19-18(25)16(21-8-4-3-5-9-21)17(23)12-6-7-14-13(10-12)20-15(22)11-24-14/h3-10H,2,11H2,1H3,(H2-,19,20,22,23,25). The second-order valence-electron chi connectivity index (χ2n) is 5.37. The molecule has 25 heavy (non-hydrogen) atoms. The molecule has 0 saturated carbocycles. The molecule has 1 aliphatic heterocycles. The van der Waals surface area contributed by atoms with Gasteiger partial charge in [0, 0.05) is 18.7 Å². The van der Waals surface area contributed by atoms with Gasteiger partial charge < -0.3 is 20.5 Å². The van der Waals surface area contributed by atoms with Crippen molar-refractivity contribution in [3.05, 3.63) is 54.4 Å². The Morgan fingerprint density at radius 1 is 1.36 bits per heavy atom. The van der Waals surface area contributed by atoms with Gasteiger partial charge in [0.25, 0.3) is 5.91 Å². The van der Waals surface area contributed by atoms with Gasteiger partial charge in [0.2, 0.25) is 5.70 Å². The van der Waals surface area contributed by atoms with Crippen LogP contribution in [0.1, 0.15) is 12.5 Å². The average molecular weight is 355 g/mol. The van der Waals surface area contributed by atoms with Crippen molar-refractivity contribution in [1.82, 2.24) is 5.32 Å². The summed E-state index contributed by atoms with van der Waals surface area (Å²) >= 11 is 5.39. The number of nitrogens with zero attached hydrogens (tertiary/aromatic N) is 1. The molecular formula is C18H17N3O3S. The number of carbonyl (C=O) groups is 1. The highest BCUT2D eigenvalue weighted by Crippen LogP contribution is 2.30. The van der Waals surface area contributed by atoms with Gasteiger partial charge >= 0.3 is 0 Å². The predicted octanol–water partition coefficient (Wildman–Crippen LogP) is 0.928. The number of rotatable bonds is 4. The van der Waals surface area contributed by atoms with Crippen molar-refractivity contribution >= 4 is 40.3 Å². The number of carbonyl (C=O) groups excluding carboxylic acids is 1. The Labute approximate surface area is 150 Å². The Hall–Kier alpha value is -2.93. The molecule has 2 heterocycles. The zero-order chi connectivity index (χ0) is 17.8. The summed E-state index contributed by atoms with van der Waals surface area (Å²) in [6.07, 6.45) is 3.53. The number of amides is 1. The predicted molar refractivity (Wildman–Crippen MR) is 96.6 cm³/mol. The summed E-state index contributed by atoms with van der Waals surface area (Å²) in [6.45, 7) is 2.49. The van der Waals surface area contributed by atoms with E-state index in [4.69, 9.17) is 17.0 Å². The third-order valence-electron chi connectivity index (χ3n) is 3.62. The van der Waals surface area contributed by atoms with Crippen molar-refractivity contribution in [2.45, 2.75) is 6.92 Å². The highest BCUT2D eigenvalue weighted by atomic mass is 32.1. The van der Waals surface area contributed by atoms with E-state index in [0.717, 1.165) is 0 Å². The molecule has 0 aliphatic carbocycles. The fourth-order valence-corrected chi connectivity index (χ4v) is 2.83. The Balaban J connectivity index is 2.09. The van der Waals surface area contributed by atoms with E-state index in [9.17, 15) is 9.90 Å². The molecule has 1 amide bonds. The maximum absolute atomic E-state index is 13.1. The molecule has 6 nitrogen and oxygen atoms in total. The van der Waals surface area contributed by atoms with Gasteiger partial charge in [-0.2, -0.15) is 4.57 Å². The van der Waals surface area contributed by atoms with Crippen molar-refractivity contribution < 1.29 is 19.2 Å². The largest absolute Gasteiger partial charge is 0.867 e. The molecular weight excluding hydrogens is 338 g/mol. The minimum atomic E-state index is -0.248. The molecule has 1 aromatic carbocycles. The van der Waals surface area contributed by atoms with Crippen LogP contribution in [0.15, 0.2) is 48.8 Å². The number of thiocarbonyl (C=S) groups is 1. The summed E-state index contributed by atoms with van der Waals surface area (Å²) in [5, 5.41) is 18.8. The van der Waals surface area contributed by atoms with E-state index in [-0.39, 0.29) is 18.3 Å². The average Bonchev–Trinajstić information content (AvgIpc) is 2.62. The first-order chi connectivity index (χ1) is 12.1. The summed E-state index contributed by atoms with van der Waals surface area (Å²) in [7, 11) is 0. The van der Waals surface area contributed by atoms with Crippen LogP contribution in [-0.2, 0) is 4.79 Å². The van der Waals surface area contributed by atoms with Crippen molar-refractivity contribution in [2.24, 2.45) is 0 Å². The van der Waals surface area contributed by atoms with Crippen LogP contribution in [0.2, 0.25) is 0 Å². The van der Waals surface area contributed by atoms with Gasteiger partial charge in [-0.1, -0.05) is 24.4 Å². The lowest BCUT2D eigenvalue weighted by Gasteiger charge is -2.21. The molecule has 0 unspecified atom stereocenters. The molecule has 1 aliphatic rings. The third kappa shape index (κ3) is 3.61. The molecule has 7 heteroatoms. The Morgan fingerprint density at radius 2 is 2.12 bits per heavy atom. The van der Waals surface area contributed by atoms with Crippen LogP contribution >= 0.6 is 12.2 Å². The normalized spacial score (nSPS) is 13.9. The van der Waals surface area contributed by atoms with Gasteiger partial charge in [-0.15, -0.1) is 0 Å². The molecule has 2 N–H and O–H groups in total. The molecule has 0 saturated heterocycles. The number of pyridine rings is 1. The van der Waals surface area contributed by atoms with Crippen LogP contribution in [0.25, 0.3) is 11.5 Å². The number of nitrogens with one attached hydrogen (secondary N) is 2. The quantitative estimate of drug-likeness (QED) is 0.369. The minimum absolute atomic E-state index is 0.0258. The fourth-order valence-electron chi connectivity index (χ4n) is 2.49. The van der Waals surface area contributed by atoms with E-state index >= 15 is 0 Å². The first kappa shape index (κ1) is 16.9. The Kier molecular flexibility index (Phi) is 4.95. The van der Waals surface area contributed by atoms with Crippen LogP contribution in [0, 0.1) is 0 Å². The van der Waals surface area contributed by atoms with E-state index in [1.807, 2.05) is 25.1 Å². The van der Waals surface area contributed by atoms with Crippen molar-refractivity contribution in [3.8, 4) is 5.75 Å². The number of aromatic nitrogens is 1. The second-order valence-corrected chi connectivity index (χ2v) is 5.78. The summed E-state index contributed by atoms with van der Waals surface area (Å²) in [5.41, 5.74) is 1.24. The number of fused-ring (bicyclic) bond motifs is 1. The topological polar surface area (TPSA) is 77.3 Å². The summed E-state index contributed by atoms with van der Waals surface area (Å²) in [6, 6.07) is 10.4. The van der Waals surface area contributed by atoms with Crippen LogP contribution in [0.3, 0.4) is 0 Å². The highest BCUT2D eigenvalue weighted by Gasteiger charge is 2.20. The Bertz CT molecular complexity index is 850. The maximum Gasteiger partial charge on any atom is 0.262 e. The maximum atomic E-state index is 13.1. The molecule has 3 rings (SSSR count). The van der Waals surface area contributed by atoms with Crippen LogP contribution in [-0.4, -0.2) is 24.0 Å². The number of ether oxygens (including phenoxy) is 1. The van der Waals surface area contributed by atoms with Gasteiger partial charge in [-0.3, -0.25) is 4.79 Å². The number of anilines is 1. The minimum Gasteiger partial charge on any atom is -0.867 e. The zero-order valence-electron chi connectivity index (χ0n) is 13.6. The van der Waals surface area contributed by atoms with Crippen LogP contribution < -0.4 is 25.0 Å². The first-order valence-corrected chi connectivity index (χ1v) is 8.24. The second kappa shape index (κ2) is 7.31. The van der Waals surface area contributed by atoms with Gasteiger partial charge in [0.05, 0.1) is 5.69 Å².